The largest absolute Gasteiger partial charge is 0.479 e. The van der Waals surface area contributed by atoms with Gasteiger partial charge in [0.25, 0.3) is 0 Å². The molecular formula is C14H16O4. The van der Waals surface area contributed by atoms with Crippen molar-refractivity contribution in [2.45, 2.75) is 38.7 Å². The minimum atomic E-state index is -0.966. The number of hydrogen-bond donors (Lipinski definition) is 1. The summed E-state index contributed by atoms with van der Waals surface area (Å²) in [4.78, 5) is 22.5. The molecule has 0 aliphatic heterocycles. The van der Waals surface area contributed by atoms with Crippen molar-refractivity contribution >= 4 is 11.8 Å². The Bertz CT molecular complexity index is 479. The van der Waals surface area contributed by atoms with Gasteiger partial charge in [-0.05, 0) is 43.0 Å². The van der Waals surface area contributed by atoms with Gasteiger partial charge in [-0.1, -0.05) is 6.92 Å². The molecule has 1 atom stereocenters. The van der Waals surface area contributed by atoms with E-state index in [1.54, 1.807) is 25.1 Å². The predicted octanol–water partition coefficient (Wildman–Crippen LogP) is 2.45. The number of Topliss-reactive ketones (excluding diaryl/α,β-unsaturated/α-hetero) is 1. The Labute approximate surface area is 106 Å². The van der Waals surface area contributed by atoms with Crippen molar-refractivity contribution in [2.75, 3.05) is 0 Å². The fraction of sp³-hybridized carbons (Fsp3) is 0.429. The van der Waals surface area contributed by atoms with E-state index in [4.69, 9.17) is 9.84 Å². The van der Waals surface area contributed by atoms with E-state index in [0.717, 1.165) is 24.0 Å². The Hall–Kier alpha value is -1.84. The fourth-order valence-corrected chi connectivity index (χ4v) is 2.17. The zero-order chi connectivity index (χ0) is 13.1. The van der Waals surface area contributed by atoms with Gasteiger partial charge in [0, 0.05) is 12.0 Å². The average molecular weight is 248 g/mol. The molecule has 96 valence electrons. The van der Waals surface area contributed by atoms with Crippen LogP contribution >= 0.6 is 0 Å². The molecule has 0 saturated carbocycles. The minimum absolute atomic E-state index is 0.160. The van der Waals surface area contributed by atoms with Gasteiger partial charge in [-0.15, -0.1) is 0 Å². The number of carbonyl (C=O) groups is 2. The monoisotopic (exact) mass is 248 g/mol. The molecule has 1 aliphatic carbocycles. The van der Waals surface area contributed by atoms with Gasteiger partial charge < -0.3 is 9.84 Å². The minimum Gasteiger partial charge on any atom is -0.479 e. The molecule has 0 aromatic heterocycles. The molecule has 0 radical (unpaired) electrons. The average Bonchev–Trinajstić information content (AvgIpc) is 2.35. The smallest absolute Gasteiger partial charge is 0.344 e. The standard InChI is InChI=1S/C14H16O4/c1-2-13(14(16)17)18-10-6-7-11-9(8-10)4-3-5-12(11)15/h6-8,13H,2-5H2,1H3,(H,16,17). The van der Waals surface area contributed by atoms with E-state index in [-0.39, 0.29) is 5.78 Å². The summed E-state index contributed by atoms with van der Waals surface area (Å²) < 4.78 is 5.42. The summed E-state index contributed by atoms with van der Waals surface area (Å²) in [6.45, 7) is 1.76. The lowest BCUT2D eigenvalue weighted by atomic mass is 9.90. The lowest BCUT2D eigenvalue weighted by Gasteiger charge is -2.18. The Morgan fingerprint density at radius 1 is 1.44 bits per heavy atom. The van der Waals surface area contributed by atoms with E-state index in [1.165, 1.54) is 0 Å². The number of aryl methyl sites for hydroxylation is 1. The van der Waals surface area contributed by atoms with Gasteiger partial charge in [-0.2, -0.15) is 0 Å². The van der Waals surface area contributed by atoms with E-state index in [9.17, 15) is 9.59 Å². The number of ether oxygens (including phenoxy) is 1. The number of fused-ring (bicyclic) bond motifs is 1. The molecule has 18 heavy (non-hydrogen) atoms. The molecule has 4 heteroatoms. The molecule has 1 N–H and O–H groups in total. The van der Waals surface area contributed by atoms with Gasteiger partial charge in [0.2, 0.25) is 0 Å². The molecule has 2 rings (SSSR count). The van der Waals surface area contributed by atoms with Crippen LogP contribution in [0.4, 0.5) is 0 Å². The van der Waals surface area contributed by atoms with Crippen LogP contribution in [0.2, 0.25) is 0 Å². The number of carboxylic acid groups (broad SMARTS) is 1. The third-order valence-corrected chi connectivity index (χ3v) is 3.15. The van der Waals surface area contributed by atoms with Crippen molar-refractivity contribution in [1.29, 1.82) is 0 Å². The van der Waals surface area contributed by atoms with Crippen molar-refractivity contribution < 1.29 is 19.4 Å². The second-order valence-corrected chi connectivity index (χ2v) is 4.45. The highest BCUT2D eigenvalue weighted by Crippen LogP contribution is 2.26. The van der Waals surface area contributed by atoms with Crippen LogP contribution in [-0.4, -0.2) is 23.0 Å². The van der Waals surface area contributed by atoms with Crippen LogP contribution in [0.15, 0.2) is 18.2 Å². The molecular weight excluding hydrogens is 232 g/mol. The highest BCUT2D eigenvalue weighted by molar-refractivity contribution is 5.98. The molecule has 0 fully saturated rings. The molecule has 1 aromatic rings. The van der Waals surface area contributed by atoms with E-state index in [0.29, 0.717) is 18.6 Å². The summed E-state index contributed by atoms with van der Waals surface area (Å²) in [7, 11) is 0. The number of benzene rings is 1. The zero-order valence-electron chi connectivity index (χ0n) is 10.3. The molecule has 1 unspecified atom stereocenters. The SMILES string of the molecule is CCC(Oc1ccc2c(c1)CCCC2=O)C(=O)O. The molecule has 1 aliphatic rings. The lowest BCUT2D eigenvalue weighted by molar-refractivity contribution is -0.145. The molecule has 0 spiro atoms. The Kier molecular flexibility index (Phi) is 3.65. The van der Waals surface area contributed by atoms with E-state index in [2.05, 4.69) is 0 Å². The number of carbonyl (C=O) groups excluding carboxylic acids is 1. The first-order valence-corrected chi connectivity index (χ1v) is 6.17. The first-order chi connectivity index (χ1) is 8.61. The number of aliphatic carboxylic acids is 1. The Balaban J connectivity index is 2.21. The number of hydrogen-bond acceptors (Lipinski definition) is 3. The van der Waals surface area contributed by atoms with Crippen molar-refractivity contribution in [3.63, 3.8) is 0 Å². The van der Waals surface area contributed by atoms with Crippen molar-refractivity contribution in [3.05, 3.63) is 29.3 Å². The van der Waals surface area contributed by atoms with Crippen LogP contribution in [0.5, 0.6) is 5.75 Å². The maximum atomic E-state index is 11.6. The van der Waals surface area contributed by atoms with Gasteiger partial charge in [0.1, 0.15) is 5.75 Å². The summed E-state index contributed by atoms with van der Waals surface area (Å²) >= 11 is 0. The zero-order valence-corrected chi connectivity index (χ0v) is 10.3. The quantitative estimate of drug-likeness (QED) is 0.888. The number of carboxylic acids is 1. The molecule has 4 nitrogen and oxygen atoms in total. The summed E-state index contributed by atoms with van der Waals surface area (Å²) in [5, 5.41) is 8.94. The van der Waals surface area contributed by atoms with Gasteiger partial charge in [-0.25, -0.2) is 4.79 Å². The summed E-state index contributed by atoms with van der Waals surface area (Å²) in [6, 6.07) is 5.20. The van der Waals surface area contributed by atoms with E-state index in [1.807, 2.05) is 0 Å². The predicted molar refractivity (Wildman–Crippen MR) is 66.1 cm³/mol. The number of rotatable bonds is 4. The lowest BCUT2D eigenvalue weighted by Crippen LogP contribution is -2.26. The van der Waals surface area contributed by atoms with Crippen LogP contribution < -0.4 is 4.74 Å². The highest BCUT2D eigenvalue weighted by atomic mass is 16.5. The van der Waals surface area contributed by atoms with E-state index >= 15 is 0 Å². The molecule has 0 heterocycles. The number of ketones is 1. The van der Waals surface area contributed by atoms with Crippen LogP contribution in [0.1, 0.15) is 42.1 Å². The normalized spacial score (nSPS) is 15.9. The first kappa shape index (κ1) is 12.6. The van der Waals surface area contributed by atoms with Crippen LogP contribution in [0.3, 0.4) is 0 Å². The summed E-state index contributed by atoms with van der Waals surface area (Å²) in [5.74, 6) is -0.280. The maximum Gasteiger partial charge on any atom is 0.344 e. The van der Waals surface area contributed by atoms with Gasteiger partial charge in [0.15, 0.2) is 11.9 Å². The maximum absolute atomic E-state index is 11.6. The summed E-state index contributed by atoms with van der Waals surface area (Å²) in [5.41, 5.74) is 1.71. The van der Waals surface area contributed by atoms with Gasteiger partial charge in [0.05, 0.1) is 0 Å². The Morgan fingerprint density at radius 2 is 2.22 bits per heavy atom. The van der Waals surface area contributed by atoms with Crippen LogP contribution in [0.25, 0.3) is 0 Å². The van der Waals surface area contributed by atoms with Crippen LogP contribution in [0, 0.1) is 0 Å². The van der Waals surface area contributed by atoms with Crippen molar-refractivity contribution in [3.8, 4) is 5.75 Å². The topological polar surface area (TPSA) is 63.6 Å². The third-order valence-electron chi connectivity index (χ3n) is 3.15. The summed E-state index contributed by atoms with van der Waals surface area (Å²) in [6.07, 6.45) is 1.88. The Morgan fingerprint density at radius 3 is 2.89 bits per heavy atom. The molecule has 0 saturated heterocycles. The van der Waals surface area contributed by atoms with Crippen molar-refractivity contribution in [1.82, 2.24) is 0 Å². The first-order valence-electron chi connectivity index (χ1n) is 6.17. The van der Waals surface area contributed by atoms with E-state index < -0.39 is 12.1 Å². The second kappa shape index (κ2) is 5.21. The van der Waals surface area contributed by atoms with Crippen molar-refractivity contribution in [2.24, 2.45) is 0 Å². The van der Waals surface area contributed by atoms with Gasteiger partial charge in [-0.3, -0.25) is 4.79 Å². The third kappa shape index (κ3) is 2.53. The molecule has 0 amide bonds. The molecule has 1 aromatic carbocycles. The van der Waals surface area contributed by atoms with Gasteiger partial charge >= 0.3 is 5.97 Å². The fourth-order valence-electron chi connectivity index (χ4n) is 2.17. The second-order valence-electron chi connectivity index (χ2n) is 4.45. The van der Waals surface area contributed by atoms with Crippen LogP contribution in [-0.2, 0) is 11.2 Å². The highest BCUT2D eigenvalue weighted by Gasteiger charge is 2.20. The molecule has 0 bridgehead atoms.